The van der Waals surface area contributed by atoms with Crippen LogP contribution in [0.15, 0.2) is 36.9 Å². The lowest BCUT2D eigenvalue weighted by Gasteiger charge is -2.21. The van der Waals surface area contributed by atoms with Gasteiger partial charge in [-0.15, -0.1) is 0 Å². The summed E-state index contributed by atoms with van der Waals surface area (Å²) in [5, 5.41) is 2.80. The Labute approximate surface area is 174 Å². The summed E-state index contributed by atoms with van der Waals surface area (Å²) in [7, 11) is 0. The fraction of sp³-hybridized carbons (Fsp3) is 0.381. The van der Waals surface area contributed by atoms with Gasteiger partial charge in [0.2, 0.25) is 0 Å². The molecule has 0 unspecified atom stereocenters. The maximum absolute atomic E-state index is 12.6. The van der Waals surface area contributed by atoms with Crippen molar-refractivity contribution in [3.05, 3.63) is 48.0 Å². The molecule has 1 atom stereocenters. The highest BCUT2D eigenvalue weighted by molar-refractivity contribution is 5.98. The molecule has 0 aliphatic heterocycles. The van der Waals surface area contributed by atoms with Crippen LogP contribution >= 0.6 is 0 Å². The number of aryl methyl sites for hydroxylation is 2. The average molecular weight is 410 g/mol. The van der Waals surface area contributed by atoms with Crippen LogP contribution in [0, 0.1) is 12.8 Å². The van der Waals surface area contributed by atoms with Crippen LogP contribution in [-0.2, 0) is 16.1 Å². The standard InChI is InChI=1S/C21H26N6O3/c1-13(2)16(26-20(28)15-8-5-4-7-14(15)3)21(29)30-10-6-9-27-12-25-17-18(22)23-11-24-19(17)27/h4-5,7-8,11-13,16H,6,9-10H2,1-3H3,(H,26,28)(H2,22,23,24)/t16-/m0/s1. The zero-order valence-electron chi connectivity index (χ0n) is 17.3. The smallest absolute Gasteiger partial charge is 0.328 e. The van der Waals surface area contributed by atoms with Gasteiger partial charge >= 0.3 is 5.97 Å². The highest BCUT2D eigenvalue weighted by Gasteiger charge is 2.26. The summed E-state index contributed by atoms with van der Waals surface area (Å²) in [6.07, 6.45) is 3.59. The van der Waals surface area contributed by atoms with Crippen LogP contribution in [0.5, 0.6) is 0 Å². The average Bonchev–Trinajstić information content (AvgIpc) is 3.13. The van der Waals surface area contributed by atoms with Crippen LogP contribution in [0.2, 0.25) is 0 Å². The van der Waals surface area contributed by atoms with E-state index in [1.54, 1.807) is 18.5 Å². The molecule has 0 saturated heterocycles. The lowest BCUT2D eigenvalue weighted by molar-refractivity contribution is -0.147. The Morgan fingerprint density at radius 2 is 1.97 bits per heavy atom. The first-order valence-corrected chi connectivity index (χ1v) is 9.83. The number of fused-ring (bicyclic) bond motifs is 1. The minimum atomic E-state index is -0.723. The van der Waals surface area contributed by atoms with Gasteiger partial charge in [-0.25, -0.2) is 19.7 Å². The number of nitrogens with two attached hydrogens (primary N) is 1. The predicted octanol–water partition coefficient (Wildman–Crippen LogP) is 2.10. The van der Waals surface area contributed by atoms with Crippen molar-refractivity contribution in [2.75, 3.05) is 12.3 Å². The molecule has 0 saturated carbocycles. The van der Waals surface area contributed by atoms with E-state index in [1.165, 1.54) is 6.33 Å². The van der Waals surface area contributed by atoms with Crippen molar-refractivity contribution >= 4 is 28.9 Å². The molecule has 0 fully saturated rings. The molecule has 3 rings (SSSR count). The molecule has 0 radical (unpaired) electrons. The zero-order chi connectivity index (χ0) is 21.7. The number of nitrogen functional groups attached to an aromatic ring is 1. The van der Waals surface area contributed by atoms with E-state index in [4.69, 9.17) is 10.5 Å². The van der Waals surface area contributed by atoms with Gasteiger partial charge in [-0.2, -0.15) is 0 Å². The molecule has 9 nitrogen and oxygen atoms in total. The highest BCUT2D eigenvalue weighted by Crippen LogP contribution is 2.14. The molecule has 3 N–H and O–H groups in total. The Morgan fingerprint density at radius 1 is 1.20 bits per heavy atom. The van der Waals surface area contributed by atoms with Gasteiger partial charge in [0.25, 0.3) is 5.91 Å². The van der Waals surface area contributed by atoms with Crippen molar-refractivity contribution in [3.63, 3.8) is 0 Å². The number of carbonyl (C=O) groups excluding carboxylic acids is 2. The van der Waals surface area contributed by atoms with Crippen molar-refractivity contribution < 1.29 is 14.3 Å². The topological polar surface area (TPSA) is 125 Å². The van der Waals surface area contributed by atoms with Crippen LogP contribution in [0.1, 0.15) is 36.2 Å². The van der Waals surface area contributed by atoms with Crippen molar-refractivity contribution in [1.82, 2.24) is 24.8 Å². The maximum atomic E-state index is 12.6. The molecule has 9 heteroatoms. The molecule has 30 heavy (non-hydrogen) atoms. The SMILES string of the molecule is Cc1ccccc1C(=O)N[C@H](C(=O)OCCCn1cnc2c(N)ncnc21)C(C)C. The van der Waals surface area contributed by atoms with E-state index < -0.39 is 12.0 Å². The molecule has 158 valence electrons. The van der Waals surface area contributed by atoms with Crippen molar-refractivity contribution in [3.8, 4) is 0 Å². The number of rotatable bonds is 8. The number of nitrogens with zero attached hydrogens (tertiary/aromatic N) is 4. The molecule has 2 heterocycles. The van der Waals surface area contributed by atoms with E-state index in [2.05, 4.69) is 20.3 Å². The molecular weight excluding hydrogens is 384 g/mol. The molecule has 1 aromatic carbocycles. The van der Waals surface area contributed by atoms with Crippen LogP contribution in [0.4, 0.5) is 5.82 Å². The van der Waals surface area contributed by atoms with Gasteiger partial charge in [0, 0.05) is 12.1 Å². The van der Waals surface area contributed by atoms with Gasteiger partial charge in [0.05, 0.1) is 12.9 Å². The summed E-state index contributed by atoms with van der Waals surface area (Å²) in [4.78, 5) is 37.4. The zero-order valence-corrected chi connectivity index (χ0v) is 17.3. The van der Waals surface area contributed by atoms with E-state index in [0.717, 1.165) is 5.56 Å². The summed E-state index contributed by atoms with van der Waals surface area (Å²) in [5.74, 6) is -0.517. The number of carbonyl (C=O) groups is 2. The van der Waals surface area contributed by atoms with Crippen molar-refractivity contribution in [2.45, 2.75) is 39.8 Å². The minimum Gasteiger partial charge on any atom is -0.464 e. The molecular formula is C21H26N6O3. The van der Waals surface area contributed by atoms with Crippen LogP contribution in [0.3, 0.4) is 0 Å². The van der Waals surface area contributed by atoms with E-state index in [9.17, 15) is 9.59 Å². The molecule has 0 bridgehead atoms. The number of amides is 1. The second kappa shape index (κ2) is 9.34. The number of hydrogen-bond donors (Lipinski definition) is 2. The summed E-state index contributed by atoms with van der Waals surface area (Å²) >= 11 is 0. The second-order valence-electron chi connectivity index (χ2n) is 7.40. The molecule has 0 spiro atoms. The first-order valence-electron chi connectivity index (χ1n) is 9.83. The van der Waals surface area contributed by atoms with E-state index in [-0.39, 0.29) is 18.4 Å². The number of imidazole rings is 1. The number of anilines is 1. The van der Waals surface area contributed by atoms with Gasteiger partial charge in [0.15, 0.2) is 11.5 Å². The Bertz CT molecular complexity index is 1050. The maximum Gasteiger partial charge on any atom is 0.328 e. The summed E-state index contributed by atoms with van der Waals surface area (Å²) < 4.78 is 7.26. The van der Waals surface area contributed by atoms with E-state index in [0.29, 0.717) is 35.5 Å². The number of nitrogens with one attached hydrogen (secondary N) is 1. The molecule has 0 aliphatic carbocycles. The number of benzene rings is 1. The third-order valence-electron chi connectivity index (χ3n) is 4.81. The largest absolute Gasteiger partial charge is 0.464 e. The quantitative estimate of drug-likeness (QED) is 0.430. The first kappa shape index (κ1) is 21.2. The fourth-order valence-electron chi connectivity index (χ4n) is 3.10. The normalized spacial score (nSPS) is 12.1. The highest BCUT2D eigenvalue weighted by atomic mass is 16.5. The van der Waals surface area contributed by atoms with Gasteiger partial charge < -0.3 is 20.4 Å². The molecule has 2 aromatic heterocycles. The third kappa shape index (κ3) is 4.73. The van der Waals surface area contributed by atoms with Gasteiger partial charge in [-0.3, -0.25) is 4.79 Å². The monoisotopic (exact) mass is 410 g/mol. The first-order chi connectivity index (χ1) is 14.4. The molecule has 1 amide bonds. The second-order valence-corrected chi connectivity index (χ2v) is 7.40. The van der Waals surface area contributed by atoms with Crippen molar-refractivity contribution in [2.24, 2.45) is 5.92 Å². The minimum absolute atomic E-state index is 0.109. The predicted molar refractivity (Wildman–Crippen MR) is 113 cm³/mol. The summed E-state index contributed by atoms with van der Waals surface area (Å²) in [6, 6.07) is 6.53. The van der Waals surface area contributed by atoms with Gasteiger partial charge in [-0.05, 0) is 30.9 Å². The third-order valence-corrected chi connectivity index (χ3v) is 4.81. The lowest BCUT2D eigenvalue weighted by atomic mass is 10.0. The van der Waals surface area contributed by atoms with E-state index >= 15 is 0 Å². The Morgan fingerprint density at radius 3 is 2.70 bits per heavy atom. The Balaban J connectivity index is 1.54. The van der Waals surface area contributed by atoms with Gasteiger partial charge in [0.1, 0.15) is 17.9 Å². The van der Waals surface area contributed by atoms with Gasteiger partial charge in [-0.1, -0.05) is 32.0 Å². The summed E-state index contributed by atoms with van der Waals surface area (Å²) in [6.45, 7) is 6.36. The lowest BCUT2D eigenvalue weighted by Crippen LogP contribution is -2.45. The fourth-order valence-corrected chi connectivity index (χ4v) is 3.10. The molecule has 0 aliphatic rings. The number of esters is 1. The van der Waals surface area contributed by atoms with Crippen molar-refractivity contribution in [1.29, 1.82) is 0 Å². The number of aromatic nitrogens is 4. The van der Waals surface area contributed by atoms with E-state index in [1.807, 2.05) is 37.5 Å². The number of ether oxygens (including phenoxy) is 1. The summed E-state index contributed by atoms with van der Waals surface area (Å²) in [5.41, 5.74) is 8.37. The Kier molecular flexibility index (Phi) is 6.61. The van der Waals surface area contributed by atoms with Crippen LogP contribution in [-0.4, -0.2) is 44.0 Å². The van der Waals surface area contributed by atoms with Crippen LogP contribution < -0.4 is 11.1 Å². The number of hydrogen-bond acceptors (Lipinski definition) is 7. The Hall–Kier alpha value is -3.49. The van der Waals surface area contributed by atoms with Crippen LogP contribution in [0.25, 0.3) is 11.2 Å². The molecule has 3 aromatic rings.